The molecule has 0 N–H and O–H groups in total. The van der Waals surface area contributed by atoms with Crippen LogP contribution in [0, 0.1) is 0 Å². The molecule has 138 valence electrons. The zero-order valence-electron chi connectivity index (χ0n) is 15.7. The summed E-state index contributed by atoms with van der Waals surface area (Å²) < 4.78 is 5.70. The fourth-order valence-corrected chi connectivity index (χ4v) is 3.65. The predicted octanol–water partition coefficient (Wildman–Crippen LogP) is 6.74. The summed E-state index contributed by atoms with van der Waals surface area (Å²) in [6.45, 7) is 0. The lowest BCUT2D eigenvalue weighted by molar-refractivity contribution is 0.404. The van der Waals surface area contributed by atoms with Gasteiger partial charge in [-0.25, -0.2) is 0 Å². The molecule has 3 nitrogen and oxygen atoms in total. The largest absolute Gasteiger partial charge is 0.336 e. The van der Waals surface area contributed by atoms with Gasteiger partial charge in [-0.3, -0.25) is 0 Å². The zero-order chi connectivity index (χ0) is 19.5. The van der Waals surface area contributed by atoms with E-state index in [1.165, 1.54) is 0 Å². The topological polar surface area (TPSA) is 38.9 Å². The van der Waals surface area contributed by atoms with Crippen molar-refractivity contribution in [1.82, 2.24) is 10.4 Å². The van der Waals surface area contributed by atoms with E-state index in [-0.39, 0.29) is 0 Å². The van der Waals surface area contributed by atoms with Gasteiger partial charge in [-0.15, -0.1) is 5.10 Å². The van der Waals surface area contributed by atoms with E-state index in [1.807, 2.05) is 60.7 Å². The molecule has 0 spiro atoms. The maximum Gasteiger partial charge on any atom is 0.195 e. The Morgan fingerprint density at radius 3 is 1.48 bits per heavy atom. The first-order chi connectivity index (χ1) is 14.4. The highest BCUT2D eigenvalue weighted by molar-refractivity contribution is 5.91. The van der Waals surface area contributed by atoms with Gasteiger partial charge < -0.3 is 4.52 Å². The molecule has 0 aliphatic heterocycles. The van der Waals surface area contributed by atoms with Gasteiger partial charge in [0.2, 0.25) is 0 Å². The molecule has 3 heteroatoms. The van der Waals surface area contributed by atoms with Crippen LogP contribution in [0.5, 0.6) is 0 Å². The maximum atomic E-state index is 5.70. The number of nitrogens with zero attached hydrogens (tertiary/aromatic N) is 2. The Labute approximate surface area is 169 Å². The first-order valence-electron chi connectivity index (χ1n) is 9.54. The minimum absolute atomic E-state index is 0.674. The molecule has 0 saturated heterocycles. The third-order valence-corrected chi connectivity index (χ3v) is 5.01. The van der Waals surface area contributed by atoms with E-state index in [4.69, 9.17) is 4.52 Å². The van der Waals surface area contributed by atoms with Gasteiger partial charge in [0.05, 0.1) is 0 Å². The summed E-state index contributed by atoms with van der Waals surface area (Å²) in [6, 6.07) is 37.0. The lowest BCUT2D eigenvalue weighted by Crippen LogP contribution is -1.89. The summed E-state index contributed by atoms with van der Waals surface area (Å²) in [5, 5.41) is 8.29. The number of aromatic nitrogens is 2. The number of hydrogen-bond donors (Lipinski definition) is 0. The predicted molar refractivity (Wildman–Crippen MR) is 116 cm³/mol. The summed E-state index contributed by atoms with van der Waals surface area (Å²) in [7, 11) is 0. The van der Waals surface area contributed by atoms with Gasteiger partial charge in [0.15, 0.2) is 5.76 Å². The van der Waals surface area contributed by atoms with Crippen LogP contribution < -0.4 is 0 Å². The molecule has 0 radical (unpaired) electrons. The van der Waals surface area contributed by atoms with Crippen molar-refractivity contribution in [1.29, 1.82) is 0 Å². The molecular weight excluding hydrogens is 356 g/mol. The van der Waals surface area contributed by atoms with Crippen molar-refractivity contribution >= 4 is 0 Å². The zero-order valence-corrected chi connectivity index (χ0v) is 15.7. The van der Waals surface area contributed by atoms with E-state index >= 15 is 0 Å². The van der Waals surface area contributed by atoms with Crippen LogP contribution in [0.4, 0.5) is 0 Å². The smallest absolute Gasteiger partial charge is 0.195 e. The molecule has 5 aromatic rings. The van der Waals surface area contributed by atoms with Gasteiger partial charge in [0, 0.05) is 16.4 Å². The maximum absolute atomic E-state index is 5.70. The lowest BCUT2D eigenvalue weighted by Gasteiger charge is -2.11. The van der Waals surface area contributed by atoms with Crippen molar-refractivity contribution < 1.29 is 4.52 Å². The standard InChI is InChI=1S/C26H18N2O/c1-3-11-19(12-4-1)21-15-7-9-17-23(21)25-26(29-28-27-25)24-18-10-8-16-22(24)20-13-5-2-6-14-20/h1-18H. The molecule has 0 unspecified atom stereocenters. The van der Waals surface area contributed by atoms with Crippen LogP contribution >= 0.6 is 0 Å². The van der Waals surface area contributed by atoms with Crippen LogP contribution in [0.15, 0.2) is 114 Å². The molecule has 29 heavy (non-hydrogen) atoms. The fourth-order valence-electron chi connectivity index (χ4n) is 3.65. The third-order valence-electron chi connectivity index (χ3n) is 5.01. The summed E-state index contributed by atoms with van der Waals surface area (Å²) in [4.78, 5) is 0. The van der Waals surface area contributed by atoms with Crippen molar-refractivity contribution in [2.24, 2.45) is 0 Å². The molecule has 5 rings (SSSR count). The lowest BCUT2D eigenvalue weighted by atomic mass is 9.93. The monoisotopic (exact) mass is 374 g/mol. The molecule has 0 fully saturated rings. The van der Waals surface area contributed by atoms with Crippen molar-refractivity contribution in [2.75, 3.05) is 0 Å². The van der Waals surface area contributed by atoms with Crippen LogP contribution in [0.2, 0.25) is 0 Å². The fraction of sp³-hybridized carbons (Fsp3) is 0. The van der Waals surface area contributed by atoms with Gasteiger partial charge in [-0.1, -0.05) is 109 Å². The second-order valence-corrected chi connectivity index (χ2v) is 6.77. The van der Waals surface area contributed by atoms with E-state index < -0.39 is 0 Å². The Morgan fingerprint density at radius 2 is 0.897 bits per heavy atom. The van der Waals surface area contributed by atoms with Gasteiger partial charge >= 0.3 is 0 Å². The molecule has 0 amide bonds. The Bertz CT molecular complexity index is 1150. The average molecular weight is 374 g/mol. The second-order valence-electron chi connectivity index (χ2n) is 6.77. The molecule has 0 saturated carbocycles. The third kappa shape index (κ3) is 3.23. The highest BCUT2D eigenvalue weighted by Crippen LogP contribution is 2.39. The number of benzene rings is 4. The van der Waals surface area contributed by atoms with Gasteiger partial charge in [0.25, 0.3) is 0 Å². The average Bonchev–Trinajstić information content (AvgIpc) is 3.30. The highest BCUT2D eigenvalue weighted by atomic mass is 16.5. The van der Waals surface area contributed by atoms with Crippen LogP contribution in [0.3, 0.4) is 0 Å². The first kappa shape index (κ1) is 17.1. The van der Waals surface area contributed by atoms with Crippen LogP contribution in [-0.4, -0.2) is 10.4 Å². The van der Waals surface area contributed by atoms with Gasteiger partial charge in [-0.2, -0.15) is 0 Å². The van der Waals surface area contributed by atoms with E-state index in [2.05, 4.69) is 58.9 Å². The molecule has 0 bridgehead atoms. The van der Waals surface area contributed by atoms with E-state index in [0.717, 1.165) is 39.1 Å². The molecule has 0 aliphatic carbocycles. The van der Waals surface area contributed by atoms with Crippen molar-refractivity contribution in [3.63, 3.8) is 0 Å². The van der Waals surface area contributed by atoms with Crippen LogP contribution in [-0.2, 0) is 0 Å². The van der Waals surface area contributed by atoms with Crippen molar-refractivity contribution in [3.8, 4) is 44.8 Å². The first-order valence-corrected chi connectivity index (χ1v) is 9.54. The molecule has 0 aliphatic rings. The normalized spacial score (nSPS) is 10.8. The molecule has 1 heterocycles. The van der Waals surface area contributed by atoms with E-state index in [9.17, 15) is 0 Å². The molecular formula is C26H18N2O. The number of hydrogen-bond acceptors (Lipinski definition) is 3. The summed E-state index contributed by atoms with van der Waals surface area (Å²) in [6.07, 6.45) is 0. The van der Waals surface area contributed by atoms with Gasteiger partial charge in [-0.05, 0) is 22.3 Å². The van der Waals surface area contributed by atoms with Crippen molar-refractivity contribution in [3.05, 3.63) is 109 Å². The van der Waals surface area contributed by atoms with Crippen molar-refractivity contribution in [2.45, 2.75) is 0 Å². The number of rotatable bonds is 4. The Hall–Kier alpha value is -3.98. The summed E-state index contributed by atoms with van der Waals surface area (Å²) in [5.74, 6) is 0.674. The van der Waals surface area contributed by atoms with E-state index in [0.29, 0.717) is 5.76 Å². The quantitative estimate of drug-likeness (QED) is 0.350. The summed E-state index contributed by atoms with van der Waals surface area (Å²) in [5.41, 5.74) is 7.16. The van der Waals surface area contributed by atoms with Gasteiger partial charge in [0.1, 0.15) is 5.69 Å². The minimum Gasteiger partial charge on any atom is -0.336 e. The second kappa shape index (κ2) is 7.56. The Morgan fingerprint density at radius 1 is 0.448 bits per heavy atom. The highest BCUT2D eigenvalue weighted by Gasteiger charge is 2.20. The molecule has 4 aromatic carbocycles. The minimum atomic E-state index is 0.674. The Kier molecular flexibility index (Phi) is 4.47. The Balaban J connectivity index is 1.69. The molecule has 0 atom stereocenters. The van der Waals surface area contributed by atoms with Crippen LogP contribution in [0.25, 0.3) is 44.8 Å². The summed E-state index contributed by atoms with van der Waals surface area (Å²) >= 11 is 0. The molecule has 1 aromatic heterocycles. The SMILES string of the molecule is c1ccc(-c2ccccc2-c2nnoc2-c2ccccc2-c2ccccc2)cc1. The van der Waals surface area contributed by atoms with E-state index in [1.54, 1.807) is 0 Å². The van der Waals surface area contributed by atoms with Crippen LogP contribution in [0.1, 0.15) is 0 Å².